The van der Waals surface area contributed by atoms with E-state index in [4.69, 9.17) is 8.85 Å². The molecule has 0 aliphatic rings. The van der Waals surface area contributed by atoms with E-state index in [0.29, 0.717) is 6.61 Å². The summed E-state index contributed by atoms with van der Waals surface area (Å²) >= 11 is 0. The lowest BCUT2D eigenvalue weighted by Gasteiger charge is -2.41. The molecule has 0 aliphatic heterocycles. The van der Waals surface area contributed by atoms with Crippen molar-refractivity contribution in [2.75, 3.05) is 6.61 Å². The van der Waals surface area contributed by atoms with Gasteiger partial charge in [0.2, 0.25) is 0 Å². The number of carbonyl (C=O) groups excluding carboxylic acids is 1. The molecule has 3 nitrogen and oxygen atoms in total. The summed E-state index contributed by atoms with van der Waals surface area (Å²) in [6.45, 7) is 27.5. The Balaban J connectivity index is 5.27. The van der Waals surface area contributed by atoms with Crippen LogP contribution in [0.3, 0.4) is 0 Å². The number of rotatable bonds is 9. The van der Waals surface area contributed by atoms with Crippen molar-refractivity contribution in [1.82, 2.24) is 0 Å². The summed E-state index contributed by atoms with van der Waals surface area (Å²) in [4.78, 5) is 11.0. The van der Waals surface area contributed by atoms with Crippen molar-refractivity contribution in [3.8, 4) is 0 Å². The van der Waals surface area contributed by atoms with Crippen molar-refractivity contribution >= 4 is 22.9 Å². The van der Waals surface area contributed by atoms with Crippen LogP contribution in [0.5, 0.6) is 0 Å². The van der Waals surface area contributed by atoms with E-state index in [1.54, 1.807) is 0 Å². The highest BCUT2D eigenvalue weighted by molar-refractivity contribution is 6.74. The lowest BCUT2D eigenvalue weighted by molar-refractivity contribution is -0.104. The van der Waals surface area contributed by atoms with E-state index in [1.165, 1.54) is 0 Å². The first-order valence-corrected chi connectivity index (χ1v) is 15.7. The fourth-order valence-corrected chi connectivity index (χ4v) is 4.70. The standard InChI is InChI=1S/C21H44O3Si2/c1-17(16-22)15-18(2)19(24-26(11,12)21(6,7)8)13-14-23-25(9,10)20(3,4)5/h15-16,18-19H,13-14H2,1-12H3/t18-,19-/m0/s1. The third kappa shape index (κ3) is 7.79. The summed E-state index contributed by atoms with van der Waals surface area (Å²) < 4.78 is 13.1. The third-order valence-electron chi connectivity index (χ3n) is 6.22. The number of aldehydes is 1. The van der Waals surface area contributed by atoms with Gasteiger partial charge in [0.1, 0.15) is 6.29 Å². The second-order valence-electron chi connectivity index (χ2n) is 10.7. The van der Waals surface area contributed by atoms with Crippen LogP contribution >= 0.6 is 0 Å². The molecule has 0 radical (unpaired) electrons. The number of carbonyl (C=O) groups is 1. The Hall–Kier alpha value is -0.236. The fraction of sp³-hybridized carbons (Fsp3) is 0.857. The summed E-state index contributed by atoms with van der Waals surface area (Å²) in [7, 11) is -3.64. The van der Waals surface area contributed by atoms with Crippen LogP contribution in [-0.2, 0) is 13.6 Å². The predicted molar refractivity (Wildman–Crippen MR) is 119 cm³/mol. The molecule has 0 saturated carbocycles. The van der Waals surface area contributed by atoms with Crippen molar-refractivity contribution in [3.05, 3.63) is 11.6 Å². The first kappa shape index (κ1) is 25.8. The topological polar surface area (TPSA) is 35.5 Å². The number of hydrogen-bond donors (Lipinski definition) is 0. The van der Waals surface area contributed by atoms with Crippen LogP contribution < -0.4 is 0 Å². The molecule has 0 aliphatic carbocycles. The first-order valence-electron chi connectivity index (χ1n) is 9.90. The monoisotopic (exact) mass is 400 g/mol. The molecule has 0 aromatic rings. The fourth-order valence-electron chi connectivity index (χ4n) is 2.19. The van der Waals surface area contributed by atoms with Gasteiger partial charge in [0, 0.05) is 6.61 Å². The zero-order valence-corrected chi connectivity index (χ0v) is 21.4. The zero-order chi connectivity index (χ0) is 21.0. The summed E-state index contributed by atoms with van der Waals surface area (Å²) in [5.41, 5.74) is 0.770. The minimum absolute atomic E-state index is 0.0792. The van der Waals surface area contributed by atoms with Crippen LogP contribution in [-0.4, -0.2) is 35.6 Å². The normalized spacial score (nSPS) is 17.2. The molecule has 0 spiro atoms. The maximum atomic E-state index is 11.0. The molecule has 0 rings (SSSR count). The van der Waals surface area contributed by atoms with Crippen molar-refractivity contribution in [1.29, 1.82) is 0 Å². The Bertz CT molecular complexity index is 482. The van der Waals surface area contributed by atoms with Crippen LogP contribution in [0.1, 0.15) is 61.8 Å². The van der Waals surface area contributed by atoms with E-state index in [0.717, 1.165) is 18.3 Å². The Morgan fingerprint density at radius 1 is 0.962 bits per heavy atom. The maximum Gasteiger partial charge on any atom is 0.192 e. The molecule has 0 N–H and O–H groups in total. The maximum absolute atomic E-state index is 11.0. The molecule has 2 atom stereocenters. The van der Waals surface area contributed by atoms with E-state index >= 15 is 0 Å². The molecule has 0 aromatic heterocycles. The van der Waals surface area contributed by atoms with Gasteiger partial charge in [-0.3, -0.25) is 4.79 Å². The number of allylic oxidation sites excluding steroid dienone is 1. The van der Waals surface area contributed by atoms with Crippen molar-refractivity contribution in [2.45, 2.75) is 104 Å². The summed E-state index contributed by atoms with van der Waals surface area (Å²) in [6, 6.07) is 0. The Kier molecular flexibility index (Phi) is 9.22. The summed E-state index contributed by atoms with van der Waals surface area (Å²) in [6.07, 6.45) is 3.90. The zero-order valence-electron chi connectivity index (χ0n) is 19.4. The molecule has 154 valence electrons. The van der Waals surface area contributed by atoms with Crippen LogP contribution in [0.15, 0.2) is 11.6 Å². The van der Waals surface area contributed by atoms with E-state index in [1.807, 2.05) is 13.0 Å². The van der Waals surface area contributed by atoms with Crippen molar-refractivity contribution in [2.24, 2.45) is 5.92 Å². The van der Waals surface area contributed by atoms with Gasteiger partial charge >= 0.3 is 0 Å². The van der Waals surface area contributed by atoms with Crippen molar-refractivity contribution in [3.63, 3.8) is 0 Å². The molecular formula is C21H44O3Si2. The van der Waals surface area contributed by atoms with Gasteiger partial charge < -0.3 is 8.85 Å². The quantitative estimate of drug-likeness (QED) is 0.249. The Labute approximate surface area is 165 Å². The van der Waals surface area contributed by atoms with Crippen LogP contribution in [0, 0.1) is 5.92 Å². The van der Waals surface area contributed by atoms with Gasteiger partial charge in [0.15, 0.2) is 16.6 Å². The SMILES string of the molecule is CC(C=O)=C[C@H](C)[C@H](CCO[Si](C)(C)C(C)(C)C)O[Si](C)(C)C(C)(C)C. The molecular weight excluding hydrogens is 356 g/mol. The van der Waals surface area contributed by atoms with Crippen molar-refractivity contribution < 1.29 is 13.6 Å². The Morgan fingerprint density at radius 3 is 1.81 bits per heavy atom. The average Bonchev–Trinajstić information content (AvgIpc) is 2.43. The summed E-state index contributed by atoms with van der Waals surface area (Å²) in [5.74, 6) is 0.192. The Morgan fingerprint density at radius 2 is 1.42 bits per heavy atom. The third-order valence-corrected chi connectivity index (χ3v) is 15.3. The molecule has 0 unspecified atom stereocenters. The molecule has 0 saturated heterocycles. The predicted octanol–water partition coefficient (Wildman–Crippen LogP) is 6.57. The highest BCUT2D eigenvalue weighted by atomic mass is 28.4. The van der Waals surface area contributed by atoms with Gasteiger partial charge in [-0.1, -0.05) is 54.5 Å². The molecule has 0 aromatic carbocycles. The largest absolute Gasteiger partial charge is 0.417 e. The van der Waals surface area contributed by atoms with Gasteiger partial charge in [0.25, 0.3) is 0 Å². The van der Waals surface area contributed by atoms with E-state index in [2.05, 4.69) is 74.7 Å². The average molecular weight is 401 g/mol. The van der Waals surface area contributed by atoms with Gasteiger partial charge in [-0.2, -0.15) is 0 Å². The molecule has 0 amide bonds. The highest BCUT2D eigenvalue weighted by Crippen LogP contribution is 2.39. The molecule has 26 heavy (non-hydrogen) atoms. The second-order valence-corrected chi connectivity index (χ2v) is 20.3. The highest BCUT2D eigenvalue weighted by Gasteiger charge is 2.41. The molecule has 0 bridgehead atoms. The minimum atomic E-state index is -1.89. The summed E-state index contributed by atoms with van der Waals surface area (Å²) in [5, 5.41) is 0.372. The molecule has 0 fully saturated rings. The first-order chi connectivity index (χ1) is 11.4. The lowest BCUT2D eigenvalue weighted by Crippen LogP contribution is -2.46. The van der Waals surface area contributed by atoms with E-state index < -0.39 is 16.6 Å². The van der Waals surface area contributed by atoms with E-state index in [-0.39, 0.29) is 22.1 Å². The van der Waals surface area contributed by atoms with Crippen LogP contribution in [0.2, 0.25) is 36.3 Å². The minimum Gasteiger partial charge on any atom is -0.417 e. The lowest BCUT2D eigenvalue weighted by atomic mass is 10.00. The van der Waals surface area contributed by atoms with Gasteiger partial charge in [-0.25, -0.2) is 0 Å². The second kappa shape index (κ2) is 9.31. The van der Waals surface area contributed by atoms with E-state index in [9.17, 15) is 4.79 Å². The van der Waals surface area contributed by atoms with Gasteiger partial charge in [-0.05, 0) is 61.1 Å². The number of hydrogen-bond acceptors (Lipinski definition) is 3. The smallest absolute Gasteiger partial charge is 0.192 e. The molecule has 0 heterocycles. The van der Waals surface area contributed by atoms with Gasteiger partial charge in [-0.15, -0.1) is 0 Å². The van der Waals surface area contributed by atoms with Gasteiger partial charge in [0.05, 0.1) is 6.10 Å². The molecule has 5 heteroatoms. The van der Waals surface area contributed by atoms with Crippen LogP contribution in [0.25, 0.3) is 0 Å². The van der Waals surface area contributed by atoms with Crippen LogP contribution in [0.4, 0.5) is 0 Å².